The van der Waals surface area contributed by atoms with Crippen molar-refractivity contribution in [1.29, 1.82) is 0 Å². The van der Waals surface area contributed by atoms with E-state index in [4.69, 9.17) is 4.74 Å². The van der Waals surface area contributed by atoms with Crippen molar-refractivity contribution < 1.29 is 9.53 Å². The highest BCUT2D eigenvalue weighted by Gasteiger charge is 2.26. The number of ether oxygens (including phenoxy) is 1. The number of benzene rings is 1. The van der Waals surface area contributed by atoms with Gasteiger partial charge >= 0.3 is 0 Å². The summed E-state index contributed by atoms with van der Waals surface area (Å²) < 4.78 is 5.88. The highest BCUT2D eigenvalue weighted by atomic mass is 16.5. The number of hydrogen-bond donors (Lipinski definition) is 2. The monoisotopic (exact) mass is 276 g/mol. The van der Waals surface area contributed by atoms with E-state index in [0.29, 0.717) is 12.5 Å². The van der Waals surface area contributed by atoms with Crippen LogP contribution in [-0.4, -0.2) is 31.0 Å². The molecule has 1 heterocycles. The maximum absolute atomic E-state index is 12.1. The lowest BCUT2D eigenvalue weighted by Gasteiger charge is -2.33. The van der Waals surface area contributed by atoms with Crippen LogP contribution in [-0.2, 0) is 0 Å². The van der Waals surface area contributed by atoms with Crippen LogP contribution in [0.4, 0.5) is 5.69 Å². The Morgan fingerprint density at radius 3 is 2.90 bits per heavy atom. The topological polar surface area (TPSA) is 50.4 Å². The Balaban J connectivity index is 2.02. The molecule has 4 nitrogen and oxygen atoms in total. The van der Waals surface area contributed by atoms with Gasteiger partial charge in [0.25, 0.3) is 0 Å². The van der Waals surface area contributed by atoms with Crippen LogP contribution < -0.4 is 15.4 Å². The average Bonchev–Trinajstić information content (AvgIpc) is 2.36. The Morgan fingerprint density at radius 1 is 1.45 bits per heavy atom. The summed E-state index contributed by atoms with van der Waals surface area (Å²) in [5.74, 6) is 1.47. The Morgan fingerprint density at radius 2 is 2.20 bits per heavy atom. The second-order valence-corrected chi connectivity index (χ2v) is 6.37. The fraction of sp³-hybridized carbons (Fsp3) is 0.562. The maximum atomic E-state index is 12.1. The minimum atomic E-state index is -0.211. The number of anilines is 1. The molecule has 0 saturated heterocycles. The highest BCUT2D eigenvalue weighted by Crippen LogP contribution is 2.33. The summed E-state index contributed by atoms with van der Waals surface area (Å²) >= 11 is 0. The molecule has 2 N–H and O–H groups in total. The van der Waals surface area contributed by atoms with E-state index >= 15 is 0 Å². The third-order valence-corrected chi connectivity index (χ3v) is 3.23. The lowest BCUT2D eigenvalue weighted by atomic mass is 10.0. The molecule has 0 atom stereocenters. The molecule has 1 aliphatic rings. The van der Waals surface area contributed by atoms with Gasteiger partial charge in [0.1, 0.15) is 11.4 Å². The highest BCUT2D eigenvalue weighted by molar-refractivity contribution is 5.98. The van der Waals surface area contributed by atoms with E-state index in [2.05, 4.69) is 24.5 Å². The number of carbonyl (C=O) groups excluding carboxylic acids is 1. The van der Waals surface area contributed by atoms with Gasteiger partial charge in [-0.15, -0.1) is 0 Å². The largest absolute Gasteiger partial charge is 0.484 e. The number of Topliss-reactive ketones (excluding diaryl/α,β-unsaturated/α-hetero) is 1. The van der Waals surface area contributed by atoms with Crippen LogP contribution in [0.3, 0.4) is 0 Å². The minimum Gasteiger partial charge on any atom is -0.484 e. The number of hydrogen-bond acceptors (Lipinski definition) is 4. The maximum Gasteiger partial charge on any atom is 0.176 e. The molecular formula is C16H24N2O2. The van der Waals surface area contributed by atoms with Gasteiger partial charge in [-0.05, 0) is 44.5 Å². The fourth-order valence-corrected chi connectivity index (χ4v) is 2.15. The molecule has 1 aromatic rings. The van der Waals surface area contributed by atoms with Crippen molar-refractivity contribution in [2.45, 2.75) is 33.3 Å². The fourth-order valence-electron chi connectivity index (χ4n) is 2.15. The minimum absolute atomic E-state index is 0.111. The number of ketones is 1. The normalized spacial score (nSPS) is 16.2. The van der Waals surface area contributed by atoms with Gasteiger partial charge < -0.3 is 15.4 Å². The molecule has 2 rings (SSSR count). The van der Waals surface area contributed by atoms with Gasteiger partial charge in [0, 0.05) is 5.56 Å². The predicted molar refractivity (Wildman–Crippen MR) is 81.7 cm³/mol. The molecule has 0 saturated carbocycles. The molecule has 20 heavy (non-hydrogen) atoms. The van der Waals surface area contributed by atoms with E-state index < -0.39 is 0 Å². The first-order chi connectivity index (χ1) is 9.37. The van der Waals surface area contributed by atoms with Gasteiger partial charge in [-0.3, -0.25) is 4.79 Å². The van der Waals surface area contributed by atoms with Gasteiger partial charge in [-0.1, -0.05) is 13.8 Å². The van der Waals surface area contributed by atoms with Gasteiger partial charge in [0.05, 0.1) is 18.8 Å². The third kappa shape index (κ3) is 3.73. The lowest BCUT2D eigenvalue weighted by molar-refractivity contribution is 0.0990. The van der Waals surface area contributed by atoms with E-state index in [1.54, 1.807) is 0 Å². The summed E-state index contributed by atoms with van der Waals surface area (Å²) in [6.45, 7) is 10.3. The van der Waals surface area contributed by atoms with Gasteiger partial charge in [-0.25, -0.2) is 0 Å². The van der Waals surface area contributed by atoms with Crippen molar-refractivity contribution in [2.24, 2.45) is 5.92 Å². The van der Waals surface area contributed by atoms with Crippen LogP contribution in [0.2, 0.25) is 0 Å². The Hall–Kier alpha value is -1.55. The average molecular weight is 276 g/mol. The summed E-state index contributed by atoms with van der Waals surface area (Å²) in [5.41, 5.74) is 1.41. The van der Waals surface area contributed by atoms with Gasteiger partial charge in [0.15, 0.2) is 5.78 Å². The van der Waals surface area contributed by atoms with Crippen molar-refractivity contribution in [3.63, 3.8) is 0 Å². The molecule has 0 fully saturated rings. The van der Waals surface area contributed by atoms with Crippen molar-refractivity contribution in [3.8, 4) is 5.75 Å². The summed E-state index contributed by atoms with van der Waals surface area (Å²) in [5, 5.41) is 6.50. The number of fused-ring (bicyclic) bond motifs is 1. The van der Waals surface area contributed by atoms with E-state index in [-0.39, 0.29) is 11.4 Å². The van der Waals surface area contributed by atoms with E-state index in [1.165, 1.54) is 0 Å². The first-order valence-corrected chi connectivity index (χ1v) is 7.18. The van der Waals surface area contributed by atoms with Crippen LogP contribution in [0.25, 0.3) is 0 Å². The smallest absolute Gasteiger partial charge is 0.176 e. The van der Waals surface area contributed by atoms with Crippen LogP contribution in [0, 0.1) is 5.92 Å². The molecule has 0 unspecified atom stereocenters. The number of nitrogens with one attached hydrogen (secondary N) is 2. The number of carbonyl (C=O) groups is 1. The SMILES string of the molecule is CC(C)CNCC(=O)c1ccc2c(c1)NCC(C)(C)O2. The van der Waals surface area contributed by atoms with Gasteiger partial charge in [-0.2, -0.15) is 0 Å². The summed E-state index contributed by atoms with van der Waals surface area (Å²) in [7, 11) is 0. The zero-order valence-corrected chi connectivity index (χ0v) is 12.7. The third-order valence-electron chi connectivity index (χ3n) is 3.23. The van der Waals surface area contributed by atoms with Crippen molar-refractivity contribution in [3.05, 3.63) is 23.8 Å². The van der Waals surface area contributed by atoms with Gasteiger partial charge in [0.2, 0.25) is 0 Å². The molecule has 0 amide bonds. The second kappa shape index (κ2) is 5.83. The predicted octanol–water partition coefficient (Wildman–Crippen LogP) is 2.70. The Labute approximate surface area is 120 Å². The standard InChI is InChI=1S/C16H24N2O2/c1-11(2)8-17-9-14(19)12-5-6-15-13(7-12)18-10-16(3,4)20-15/h5-7,11,17-18H,8-10H2,1-4H3. The van der Waals surface area contributed by atoms with Crippen molar-refractivity contribution in [1.82, 2.24) is 5.32 Å². The van der Waals surface area contributed by atoms with Crippen LogP contribution in [0.15, 0.2) is 18.2 Å². The Kier molecular flexibility index (Phi) is 4.33. The zero-order chi connectivity index (χ0) is 14.8. The lowest BCUT2D eigenvalue weighted by Crippen LogP contribution is -2.40. The molecule has 0 aliphatic carbocycles. The summed E-state index contributed by atoms with van der Waals surface area (Å²) in [4.78, 5) is 12.1. The quantitative estimate of drug-likeness (QED) is 0.812. The van der Waals surface area contributed by atoms with Crippen LogP contribution in [0.1, 0.15) is 38.1 Å². The molecule has 0 spiro atoms. The zero-order valence-electron chi connectivity index (χ0n) is 12.7. The molecule has 0 bridgehead atoms. The first kappa shape index (κ1) is 14.9. The molecule has 1 aliphatic heterocycles. The van der Waals surface area contributed by atoms with E-state index in [1.807, 2.05) is 32.0 Å². The summed E-state index contributed by atoms with van der Waals surface area (Å²) in [6.07, 6.45) is 0. The summed E-state index contributed by atoms with van der Waals surface area (Å²) in [6, 6.07) is 5.59. The molecule has 110 valence electrons. The Bertz CT molecular complexity index is 495. The number of rotatable bonds is 5. The molecule has 0 radical (unpaired) electrons. The van der Waals surface area contributed by atoms with E-state index in [0.717, 1.165) is 30.1 Å². The molecule has 4 heteroatoms. The van der Waals surface area contributed by atoms with Crippen LogP contribution >= 0.6 is 0 Å². The molecule has 1 aromatic carbocycles. The van der Waals surface area contributed by atoms with Crippen molar-refractivity contribution >= 4 is 11.5 Å². The van der Waals surface area contributed by atoms with Crippen molar-refractivity contribution in [2.75, 3.05) is 25.0 Å². The van der Waals surface area contributed by atoms with Crippen LogP contribution in [0.5, 0.6) is 5.75 Å². The second-order valence-electron chi connectivity index (χ2n) is 6.37. The molecule has 0 aromatic heterocycles. The van der Waals surface area contributed by atoms with E-state index in [9.17, 15) is 4.79 Å². The molecular weight excluding hydrogens is 252 g/mol. The first-order valence-electron chi connectivity index (χ1n) is 7.18.